The molecule has 0 radical (unpaired) electrons. The highest BCUT2D eigenvalue weighted by Crippen LogP contribution is 2.27. The zero-order valence-corrected chi connectivity index (χ0v) is 12.5. The molecule has 1 aromatic carbocycles. The van der Waals surface area contributed by atoms with Crippen molar-refractivity contribution in [2.24, 2.45) is 11.7 Å². The van der Waals surface area contributed by atoms with E-state index in [0.29, 0.717) is 0 Å². The van der Waals surface area contributed by atoms with Crippen LogP contribution in [-0.2, 0) is 6.42 Å². The lowest BCUT2D eigenvalue weighted by molar-refractivity contribution is 0.459. The predicted molar refractivity (Wildman–Crippen MR) is 83.8 cm³/mol. The summed E-state index contributed by atoms with van der Waals surface area (Å²) in [5, 5.41) is 0. The van der Waals surface area contributed by atoms with E-state index in [-0.39, 0.29) is 0 Å². The molecule has 0 spiro atoms. The van der Waals surface area contributed by atoms with Gasteiger partial charge in [-0.1, -0.05) is 31.0 Å². The maximum Gasteiger partial charge on any atom is 0.0399 e. The first kappa shape index (κ1) is 14.4. The van der Waals surface area contributed by atoms with Crippen molar-refractivity contribution < 1.29 is 0 Å². The SMILES string of the molecule is CCC1CCCN(c2ccc(C)cc2CCN)CC1. The Hall–Kier alpha value is -1.02. The van der Waals surface area contributed by atoms with Crippen LogP contribution in [0, 0.1) is 12.8 Å². The second-order valence-corrected chi connectivity index (χ2v) is 5.86. The van der Waals surface area contributed by atoms with Gasteiger partial charge in [0.2, 0.25) is 0 Å². The van der Waals surface area contributed by atoms with Crippen LogP contribution < -0.4 is 10.6 Å². The van der Waals surface area contributed by atoms with Gasteiger partial charge < -0.3 is 10.6 Å². The van der Waals surface area contributed by atoms with Crippen LogP contribution in [0.4, 0.5) is 5.69 Å². The molecule has 2 N–H and O–H groups in total. The largest absolute Gasteiger partial charge is 0.371 e. The fourth-order valence-corrected chi connectivity index (χ4v) is 3.19. The number of anilines is 1. The molecule has 1 unspecified atom stereocenters. The van der Waals surface area contributed by atoms with Crippen molar-refractivity contribution in [1.29, 1.82) is 0 Å². The van der Waals surface area contributed by atoms with Gasteiger partial charge in [-0.2, -0.15) is 0 Å². The van der Waals surface area contributed by atoms with Crippen molar-refractivity contribution in [2.75, 3.05) is 24.5 Å². The topological polar surface area (TPSA) is 29.3 Å². The molecule has 1 atom stereocenters. The second kappa shape index (κ2) is 6.95. The molecule has 0 aliphatic carbocycles. The van der Waals surface area contributed by atoms with Gasteiger partial charge in [-0.25, -0.2) is 0 Å². The average Bonchev–Trinajstić information content (AvgIpc) is 2.65. The Morgan fingerprint density at radius 3 is 2.84 bits per heavy atom. The summed E-state index contributed by atoms with van der Waals surface area (Å²) in [6.45, 7) is 7.64. The highest BCUT2D eigenvalue weighted by molar-refractivity contribution is 5.55. The third-order valence-electron chi connectivity index (χ3n) is 4.41. The van der Waals surface area contributed by atoms with E-state index in [9.17, 15) is 0 Å². The van der Waals surface area contributed by atoms with Gasteiger partial charge in [0.1, 0.15) is 0 Å². The fourth-order valence-electron chi connectivity index (χ4n) is 3.19. The number of rotatable bonds is 4. The Balaban J connectivity index is 2.16. The molecule has 0 amide bonds. The monoisotopic (exact) mass is 260 g/mol. The summed E-state index contributed by atoms with van der Waals surface area (Å²) in [5.74, 6) is 0.924. The first-order valence-electron chi connectivity index (χ1n) is 7.79. The van der Waals surface area contributed by atoms with Gasteiger partial charge in [0.15, 0.2) is 0 Å². The van der Waals surface area contributed by atoms with Crippen LogP contribution in [0.25, 0.3) is 0 Å². The fraction of sp³-hybridized carbons (Fsp3) is 0.647. The van der Waals surface area contributed by atoms with Crippen molar-refractivity contribution in [2.45, 2.75) is 46.0 Å². The second-order valence-electron chi connectivity index (χ2n) is 5.86. The molecule has 0 bridgehead atoms. The maximum atomic E-state index is 5.76. The minimum atomic E-state index is 0.738. The maximum absolute atomic E-state index is 5.76. The van der Waals surface area contributed by atoms with Gasteiger partial charge in [0.25, 0.3) is 0 Å². The van der Waals surface area contributed by atoms with E-state index in [1.165, 1.54) is 55.6 Å². The van der Waals surface area contributed by atoms with Gasteiger partial charge in [-0.05, 0) is 56.7 Å². The smallest absolute Gasteiger partial charge is 0.0399 e. The Kier molecular flexibility index (Phi) is 5.26. The first-order valence-corrected chi connectivity index (χ1v) is 7.79. The van der Waals surface area contributed by atoms with E-state index in [0.717, 1.165) is 18.9 Å². The van der Waals surface area contributed by atoms with Crippen LogP contribution in [0.1, 0.15) is 43.7 Å². The molecule has 106 valence electrons. The van der Waals surface area contributed by atoms with Crippen molar-refractivity contribution in [1.82, 2.24) is 0 Å². The van der Waals surface area contributed by atoms with Gasteiger partial charge in [-0.15, -0.1) is 0 Å². The Morgan fingerprint density at radius 1 is 1.26 bits per heavy atom. The quantitative estimate of drug-likeness (QED) is 0.897. The molecule has 19 heavy (non-hydrogen) atoms. The molecule has 0 saturated carbocycles. The van der Waals surface area contributed by atoms with Gasteiger partial charge in [0, 0.05) is 18.8 Å². The molecular formula is C17H28N2. The number of benzene rings is 1. The lowest BCUT2D eigenvalue weighted by Gasteiger charge is -2.26. The molecule has 1 aliphatic rings. The van der Waals surface area contributed by atoms with Crippen molar-refractivity contribution in [3.8, 4) is 0 Å². The van der Waals surface area contributed by atoms with E-state index in [4.69, 9.17) is 5.73 Å². The molecule has 1 aromatic rings. The number of hydrogen-bond acceptors (Lipinski definition) is 2. The van der Waals surface area contributed by atoms with Crippen molar-refractivity contribution in [3.05, 3.63) is 29.3 Å². The molecule has 2 rings (SSSR count). The Labute approximate surface area is 118 Å². The number of aryl methyl sites for hydroxylation is 1. The van der Waals surface area contributed by atoms with E-state index in [2.05, 4.69) is 36.9 Å². The van der Waals surface area contributed by atoms with Gasteiger partial charge in [0.05, 0.1) is 0 Å². The molecular weight excluding hydrogens is 232 g/mol. The third-order valence-corrected chi connectivity index (χ3v) is 4.41. The van der Waals surface area contributed by atoms with Crippen molar-refractivity contribution in [3.63, 3.8) is 0 Å². The summed E-state index contributed by atoms with van der Waals surface area (Å²) in [5.41, 5.74) is 9.96. The lowest BCUT2D eigenvalue weighted by Crippen LogP contribution is -2.25. The van der Waals surface area contributed by atoms with Crippen molar-refractivity contribution >= 4 is 5.69 Å². The summed E-state index contributed by atoms with van der Waals surface area (Å²) in [4.78, 5) is 2.58. The Morgan fingerprint density at radius 2 is 2.11 bits per heavy atom. The van der Waals surface area contributed by atoms with E-state index in [1.807, 2.05) is 0 Å². The molecule has 1 saturated heterocycles. The van der Waals surface area contributed by atoms with Crippen LogP contribution in [0.5, 0.6) is 0 Å². The van der Waals surface area contributed by atoms with Crippen LogP contribution in [-0.4, -0.2) is 19.6 Å². The summed E-state index contributed by atoms with van der Waals surface area (Å²) in [6.07, 6.45) is 6.38. The van der Waals surface area contributed by atoms with Crippen LogP contribution >= 0.6 is 0 Å². The number of hydrogen-bond donors (Lipinski definition) is 1. The summed E-state index contributed by atoms with van der Waals surface area (Å²) < 4.78 is 0. The predicted octanol–water partition coefficient (Wildman–Crippen LogP) is 3.51. The minimum Gasteiger partial charge on any atom is -0.371 e. The zero-order chi connectivity index (χ0) is 13.7. The standard InChI is InChI=1S/C17H28N2/c1-3-15-5-4-11-19(12-9-15)17-7-6-14(2)13-16(17)8-10-18/h6-7,13,15H,3-5,8-12,18H2,1-2H3. The highest BCUT2D eigenvalue weighted by atomic mass is 15.1. The average molecular weight is 260 g/mol. The molecule has 0 aromatic heterocycles. The normalized spacial score (nSPS) is 20.4. The zero-order valence-electron chi connectivity index (χ0n) is 12.5. The summed E-state index contributed by atoms with van der Waals surface area (Å²) >= 11 is 0. The molecule has 1 heterocycles. The minimum absolute atomic E-state index is 0.738. The van der Waals surface area contributed by atoms with E-state index >= 15 is 0 Å². The van der Waals surface area contributed by atoms with Gasteiger partial charge in [-0.3, -0.25) is 0 Å². The molecule has 2 heteroatoms. The molecule has 1 fully saturated rings. The Bertz CT molecular complexity index is 400. The summed E-state index contributed by atoms with van der Waals surface area (Å²) in [6, 6.07) is 6.84. The number of nitrogens with zero attached hydrogens (tertiary/aromatic N) is 1. The van der Waals surface area contributed by atoms with Crippen LogP contribution in [0.2, 0.25) is 0 Å². The summed E-state index contributed by atoms with van der Waals surface area (Å²) in [7, 11) is 0. The lowest BCUT2D eigenvalue weighted by atomic mass is 9.98. The third kappa shape index (κ3) is 3.73. The first-order chi connectivity index (χ1) is 9.24. The highest BCUT2D eigenvalue weighted by Gasteiger charge is 2.17. The number of nitrogens with two attached hydrogens (primary N) is 1. The van der Waals surface area contributed by atoms with E-state index in [1.54, 1.807) is 0 Å². The molecule has 1 aliphatic heterocycles. The van der Waals surface area contributed by atoms with Crippen LogP contribution in [0.15, 0.2) is 18.2 Å². The molecule has 2 nitrogen and oxygen atoms in total. The van der Waals surface area contributed by atoms with Gasteiger partial charge >= 0.3 is 0 Å². The van der Waals surface area contributed by atoms with Crippen LogP contribution in [0.3, 0.4) is 0 Å². The van der Waals surface area contributed by atoms with E-state index < -0.39 is 0 Å².